The fourth-order valence-corrected chi connectivity index (χ4v) is 1.72. The predicted octanol–water partition coefficient (Wildman–Crippen LogP) is 2.86. The minimum atomic E-state index is -0.329. The molecule has 0 unspecified atom stereocenters. The number of para-hydroxylation sites is 1. The van der Waals surface area contributed by atoms with Crippen molar-refractivity contribution in [1.29, 1.82) is 0 Å². The van der Waals surface area contributed by atoms with Crippen molar-refractivity contribution in [2.45, 2.75) is 39.2 Å². The normalized spacial score (nSPS) is 10.0. The van der Waals surface area contributed by atoms with Crippen LogP contribution in [0.4, 0.5) is 0 Å². The van der Waals surface area contributed by atoms with Gasteiger partial charge >= 0.3 is 11.9 Å². The van der Waals surface area contributed by atoms with Gasteiger partial charge in [-0.2, -0.15) is 0 Å². The third-order valence-corrected chi connectivity index (χ3v) is 2.81. The van der Waals surface area contributed by atoms with Gasteiger partial charge in [0.25, 0.3) is 0 Å². The lowest BCUT2D eigenvalue weighted by Gasteiger charge is -2.09. The molecular weight excluding hydrogens is 272 g/mol. The Bertz CT molecular complexity index is 456. The van der Waals surface area contributed by atoms with Crippen molar-refractivity contribution in [1.82, 2.24) is 0 Å². The average Bonchev–Trinajstić information content (AvgIpc) is 2.51. The number of esters is 2. The molecule has 0 atom stereocenters. The van der Waals surface area contributed by atoms with Crippen LogP contribution < -0.4 is 4.74 Å². The predicted molar refractivity (Wildman–Crippen MR) is 77.9 cm³/mol. The zero-order valence-corrected chi connectivity index (χ0v) is 12.6. The molecule has 21 heavy (non-hydrogen) atoms. The fraction of sp³-hybridized carbons (Fsp3) is 0.500. The third-order valence-electron chi connectivity index (χ3n) is 2.81. The first-order valence-corrected chi connectivity index (χ1v) is 7.10. The molecule has 5 heteroatoms. The Kier molecular flexibility index (Phi) is 7.94. The van der Waals surface area contributed by atoms with Gasteiger partial charge in [-0.3, -0.25) is 9.59 Å². The number of carbonyl (C=O) groups excluding carboxylic acids is 2. The zero-order valence-electron chi connectivity index (χ0n) is 12.6. The molecular formula is C16H22O5. The summed E-state index contributed by atoms with van der Waals surface area (Å²) >= 11 is 0. The van der Waals surface area contributed by atoms with Crippen LogP contribution in [0.5, 0.6) is 5.75 Å². The van der Waals surface area contributed by atoms with Gasteiger partial charge in [-0.15, -0.1) is 0 Å². The van der Waals surface area contributed by atoms with Crippen LogP contribution >= 0.6 is 0 Å². The maximum atomic E-state index is 11.6. The van der Waals surface area contributed by atoms with E-state index in [1.165, 1.54) is 0 Å². The number of ether oxygens (including phenoxy) is 3. The fourth-order valence-electron chi connectivity index (χ4n) is 1.72. The number of hydrogen-bond donors (Lipinski definition) is 0. The van der Waals surface area contributed by atoms with Crippen molar-refractivity contribution < 1.29 is 23.8 Å². The van der Waals surface area contributed by atoms with E-state index in [1.54, 1.807) is 7.11 Å². The van der Waals surface area contributed by atoms with E-state index in [-0.39, 0.29) is 31.4 Å². The highest BCUT2D eigenvalue weighted by Crippen LogP contribution is 2.18. The lowest BCUT2D eigenvalue weighted by molar-refractivity contribution is -0.146. The summed E-state index contributed by atoms with van der Waals surface area (Å²) in [5.74, 6) is 0.0898. The number of methoxy groups -OCH3 is 1. The lowest BCUT2D eigenvalue weighted by Crippen LogP contribution is -2.08. The van der Waals surface area contributed by atoms with Gasteiger partial charge in [-0.1, -0.05) is 25.1 Å². The highest BCUT2D eigenvalue weighted by molar-refractivity contribution is 5.72. The van der Waals surface area contributed by atoms with Crippen LogP contribution in [0.2, 0.25) is 0 Å². The molecule has 1 aromatic carbocycles. The van der Waals surface area contributed by atoms with E-state index in [4.69, 9.17) is 14.2 Å². The molecule has 5 nitrogen and oxygen atoms in total. The second kappa shape index (κ2) is 9.80. The van der Waals surface area contributed by atoms with Crippen LogP contribution in [-0.4, -0.2) is 25.7 Å². The molecule has 0 N–H and O–H groups in total. The van der Waals surface area contributed by atoms with E-state index in [2.05, 4.69) is 0 Å². The summed E-state index contributed by atoms with van der Waals surface area (Å²) in [7, 11) is 1.57. The van der Waals surface area contributed by atoms with Crippen molar-refractivity contribution in [2.75, 3.05) is 13.7 Å². The van der Waals surface area contributed by atoms with Crippen molar-refractivity contribution in [3.63, 3.8) is 0 Å². The van der Waals surface area contributed by atoms with Gasteiger partial charge in [0.2, 0.25) is 0 Å². The summed E-state index contributed by atoms with van der Waals surface area (Å²) in [6, 6.07) is 7.36. The summed E-state index contributed by atoms with van der Waals surface area (Å²) in [5.41, 5.74) is 0.815. The van der Waals surface area contributed by atoms with E-state index < -0.39 is 0 Å². The molecule has 0 aliphatic rings. The van der Waals surface area contributed by atoms with E-state index in [9.17, 15) is 9.59 Å². The highest BCUT2D eigenvalue weighted by Gasteiger charge is 2.09. The quantitative estimate of drug-likeness (QED) is 0.655. The molecule has 0 spiro atoms. The van der Waals surface area contributed by atoms with Crippen LogP contribution in [0.15, 0.2) is 24.3 Å². The van der Waals surface area contributed by atoms with E-state index in [0.717, 1.165) is 12.0 Å². The molecule has 0 amide bonds. The first-order valence-electron chi connectivity index (χ1n) is 7.10. The van der Waals surface area contributed by atoms with Gasteiger partial charge in [-0.05, 0) is 18.9 Å². The Hall–Kier alpha value is -2.04. The summed E-state index contributed by atoms with van der Waals surface area (Å²) in [6.45, 7) is 2.53. The molecule has 0 saturated heterocycles. The molecule has 0 aliphatic carbocycles. The summed E-state index contributed by atoms with van der Waals surface area (Å²) in [6.07, 6.45) is 1.68. The monoisotopic (exact) mass is 294 g/mol. The maximum Gasteiger partial charge on any atom is 0.306 e. The molecule has 0 aromatic heterocycles. The second-order valence-corrected chi connectivity index (χ2v) is 4.55. The molecule has 0 radical (unpaired) electrons. The second-order valence-electron chi connectivity index (χ2n) is 4.55. The zero-order chi connectivity index (χ0) is 15.5. The first-order chi connectivity index (χ1) is 10.2. The Balaban J connectivity index is 2.24. The standard InChI is InChI=1S/C16H22O5/c1-3-11-20-15(17)9-6-10-16(18)21-12-13-7-4-5-8-14(13)19-2/h4-5,7-8H,3,6,9-12H2,1-2H3. The van der Waals surface area contributed by atoms with Gasteiger partial charge in [0.05, 0.1) is 13.7 Å². The highest BCUT2D eigenvalue weighted by atomic mass is 16.5. The van der Waals surface area contributed by atoms with Gasteiger partial charge in [0, 0.05) is 18.4 Å². The first kappa shape index (κ1) is 17.0. The van der Waals surface area contributed by atoms with Crippen molar-refractivity contribution in [3.8, 4) is 5.75 Å². The summed E-state index contributed by atoms with van der Waals surface area (Å²) < 4.78 is 15.3. The molecule has 0 saturated carbocycles. The van der Waals surface area contributed by atoms with Crippen molar-refractivity contribution in [3.05, 3.63) is 29.8 Å². The van der Waals surface area contributed by atoms with E-state index >= 15 is 0 Å². The van der Waals surface area contributed by atoms with Crippen LogP contribution in [0.3, 0.4) is 0 Å². The molecule has 0 fully saturated rings. The van der Waals surface area contributed by atoms with Gasteiger partial charge in [-0.25, -0.2) is 0 Å². The van der Waals surface area contributed by atoms with E-state index in [0.29, 0.717) is 18.8 Å². The third kappa shape index (κ3) is 6.79. The number of rotatable bonds is 9. The molecule has 0 bridgehead atoms. The minimum Gasteiger partial charge on any atom is -0.496 e. The molecule has 1 aromatic rings. The van der Waals surface area contributed by atoms with Crippen molar-refractivity contribution >= 4 is 11.9 Å². The Morgan fingerprint density at radius 2 is 1.71 bits per heavy atom. The Morgan fingerprint density at radius 1 is 1.05 bits per heavy atom. The Labute approximate surface area is 125 Å². The molecule has 0 heterocycles. The molecule has 0 aliphatic heterocycles. The maximum absolute atomic E-state index is 11.6. The topological polar surface area (TPSA) is 61.8 Å². The van der Waals surface area contributed by atoms with Crippen LogP contribution in [0.1, 0.15) is 38.2 Å². The largest absolute Gasteiger partial charge is 0.496 e. The molecule has 1 rings (SSSR count). The number of carbonyl (C=O) groups is 2. The SMILES string of the molecule is CCCOC(=O)CCCC(=O)OCc1ccccc1OC. The van der Waals surface area contributed by atoms with Gasteiger partial charge in [0.15, 0.2) is 0 Å². The summed E-state index contributed by atoms with van der Waals surface area (Å²) in [4.78, 5) is 22.9. The van der Waals surface area contributed by atoms with Gasteiger partial charge < -0.3 is 14.2 Å². The van der Waals surface area contributed by atoms with Crippen LogP contribution in [0, 0.1) is 0 Å². The van der Waals surface area contributed by atoms with Crippen molar-refractivity contribution in [2.24, 2.45) is 0 Å². The lowest BCUT2D eigenvalue weighted by atomic mass is 10.2. The van der Waals surface area contributed by atoms with E-state index in [1.807, 2.05) is 31.2 Å². The smallest absolute Gasteiger partial charge is 0.306 e. The van der Waals surface area contributed by atoms with Crippen LogP contribution in [0.25, 0.3) is 0 Å². The minimum absolute atomic E-state index is 0.170. The van der Waals surface area contributed by atoms with Gasteiger partial charge in [0.1, 0.15) is 12.4 Å². The summed E-state index contributed by atoms with van der Waals surface area (Å²) in [5, 5.41) is 0. The average molecular weight is 294 g/mol. The number of benzene rings is 1. The molecule has 116 valence electrons. The number of hydrogen-bond acceptors (Lipinski definition) is 5. The van der Waals surface area contributed by atoms with Crippen LogP contribution in [-0.2, 0) is 25.7 Å². The Morgan fingerprint density at radius 3 is 2.38 bits per heavy atom.